The zero-order valence-corrected chi connectivity index (χ0v) is 7.86. The fourth-order valence-corrected chi connectivity index (χ4v) is 1.12. The molecule has 0 unspecified atom stereocenters. The van der Waals surface area contributed by atoms with Gasteiger partial charge in [0.05, 0.1) is 12.1 Å². The first-order chi connectivity index (χ1) is 5.77. The predicted molar refractivity (Wildman–Crippen MR) is 51.5 cm³/mol. The molecule has 1 rings (SSSR count). The van der Waals surface area contributed by atoms with E-state index >= 15 is 0 Å². The van der Waals surface area contributed by atoms with E-state index in [1.807, 2.05) is 19.1 Å². The molecule has 0 spiro atoms. The number of aliphatic imine (C=N–C) groups is 1. The fraction of sp³-hybridized carbons (Fsp3) is 0.222. The number of hydrogen-bond donors (Lipinski definition) is 0. The van der Waals surface area contributed by atoms with Crippen LogP contribution >= 0.6 is 12.1 Å². The molecule has 1 aromatic carbocycles. The van der Waals surface area contributed by atoms with E-state index in [2.05, 4.69) is 4.99 Å². The van der Waals surface area contributed by atoms with Gasteiger partial charge in [-0.25, -0.2) is 0 Å². The van der Waals surface area contributed by atoms with E-state index in [0.717, 1.165) is 11.3 Å². The summed E-state index contributed by atoms with van der Waals surface area (Å²) < 4.78 is 12.0. The van der Waals surface area contributed by atoms with E-state index in [-0.39, 0.29) is 12.1 Å². The highest BCUT2D eigenvalue weighted by molar-refractivity contribution is 7.94. The topological polar surface area (TPSA) is 12.4 Å². The Labute approximate surface area is 76.0 Å². The normalized spacial score (nSPS) is 11.8. The third-order valence-electron chi connectivity index (χ3n) is 1.70. The molecule has 0 N–H and O–H groups in total. The Bertz CT molecular complexity index is 279. The van der Waals surface area contributed by atoms with Gasteiger partial charge >= 0.3 is 0 Å². The summed E-state index contributed by atoms with van der Waals surface area (Å²) in [7, 11) is 1.74. The van der Waals surface area contributed by atoms with E-state index in [9.17, 15) is 3.89 Å². The van der Waals surface area contributed by atoms with Gasteiger partial charge < -0.3 is 0 Å². The molecule has 1 nitrogen and oxygen atoms in total. The van der Waals surface area contributed by atoms with Crippen molar-refractivity contribution in [2.45, 2.75) is 11.8 Å². The molecule has 0 aliphatic heterocycles. The van der Waals surface area contributed by atoms with E-state index in [1.54, 1.807) is 19.2 Å². The van der Waals surface area contributed by atoms with Crippen LogP contribution in [-0.2, 0) is 0 Å². The number of halogens is 1. The van der Waals surface area contributed by atoms with Crippen LogP contribution in [0.25, 0.3) is 0 Å². The summed E-state index contributed by atoms with van der Waals surface area (Å²) in [5.74, 6) is 0. The van der Waals surface area contributed by atoms with Crippen molar-refractivity contribution in [3.63, 3.8) is 0 Å². The van der Waals surface area contributed by atoms with Crippen LogP contribution in [0.15, 0.2) is 34.2 Å². The van der Waals surface area contributed by atoms with Crippen molar-refractivity contribution in [1.29, 1.82) is 0 Å². The standard InChI is InChI=1S/C9H10FNS/c1-7(11-2)8-3-5-9(12-10)6-4-8/h3-6H,1-2H3. The van der Waals surface area contributed by atoms with E-state index in [4.69, 9.17) is 0 Å². The SMILES string of the molecule is CN=C(C)c1ccc(SF)cc1. The lowest BCUT2D eigenvalue weighted by Crippen LogP contribution is -1.92. The second-order valence-corrected chi connectivity index (χ2v) is 3.04. The predicted octanol–water partition coefficient (Wildman–Crippen LogP) is 3.10. The highest BCUT2D eigenvalue weighted by Gasteiger charge is 1.96. The largest absolute Gasteiger partial charge is 0.293 e. The summed E-state index contributed by atoms with van der Waals surface area (Å²) >= 11 is 0.257. The van der Waals surface area contributed by atoms with Gasteiger partial charge in [0.2, 0.25) is 0 Å². The van der Waals surface area contributed by atoms with Gasteiger partial charge in [-0.2, -0.15) is 3.89 Å². The quantitative estimate of drug-likeness (QED) is 0.642. The molecule has 0 bridgehead atoms. The molecular weight excluding hydrogens is 173 g/mol. The smallest absolute Gasteiger partial charge is 0.0812 e. The molecule has 0 heterocycles. The Hall–Kier alpha value is -0.830. The third-order valence-corrected chi connectivity index (χ3v) is 2.15. The summed E-state index contributed by atoms with van der Waals surface area (Å²) in [6.45, 7) is 1.93. The third kappa shape index (κ3) is 2.08. The maximum atomic E-state index is 12.0. The molecule has 12 heavy (non-hydrogen) atoms. The highest BCUT2D eigenvalue weighted by atomic mass is 32.2. The molecule has 64 valence electrons. The Kier molecular flexibility index (Phi) is 3.29. The van der Waals surface area contributed by atoms with Gasteiger partial charge in [-0.05, 0) is 24.6 Å². The van der Waals surface area contributed by atoms with Gasteiger partial charge in [-0.15, -0.1) is 0 Å². The lowest BCUT2D eigenvalue weighted by Gasteiger charge is -1.99. The Morgan fingerprint density at radius 2 is 1.92 bits per heavy atom. The molecular formula is C9H10FNS. The van der Waals surface area contributed by atoms with Crippen molar-refractivity contribution >= 4 is 17.9 Å². The first kappa shape index (κ1) is 9.26. The second kappa shape index (κ2) is 4.26. The minimum absolute atomic E-state index is 0.257. The molecule has 0 saturated heterocycles. The first-order valence-corrected chi connectivity index (χ1v) is 4.32. The molecule has 0 aliphatic rings. The number of rotatable bonds is 2. The van der Waals surface area contributed by atoms with Crippen molar-refractivity contribution in [2.75, 3.05) is 7.05 Å². The fourth-order valence-electron chi connectivity index (χ4n) is 0.877. The van der Waals surface area contributed by atoms with Crippen molar-refractivity contribution < 1.29 is 3.89 Å². The number of hydrogen-bond acceptors (Lipinski definition) is 2. The van der Waals surface area contributed by atoms with Crippen molar-refractivity contribution in [3.8, 4) is 0 Å². The summed E-state index contributed by atoms with van der Waals surface area (Å²) in [6.07, 6.45) is 0. The summed E-state index contributed by atoms with van der Waals surface area (Å²) in [4.78, 5) is 4.66. The molecule has 0 aliphatic carbocycles. The van der Waals surface area contributed by atoms with Gasteiger partial charge in [0, 0.05) is 17.7 Å². The van der Waals surface area contributed by atoms with Gasteiger partial charge in [0.15, 0.2) is 0 Å². The lowest BCUT2D eigenvalue weighted by atomic mass is 10.1. The van der Waals surface area contributed by atoms with Crippen LogP contribution in [0.2, 0.25) is 0 Å². The zero-order chi connectivity index (χ0) is 8.97. The van der Waals surface area contributed by atoms with Gasteiger partial charge in [-0.3, -0.25) is 4.99 Å². The minimum Gasteiger partial charge on any atom is -0.293 e. The zero-order valence-electron chi connectivity index (χ0n) is 7.04. The average Bonchev–Trinajstić information content (AvgIpc) is 2.17. The molecule has 0 saturated carbocycles. The number of nitrogens with zero attached hydrogens (tertiary/aromatic N) is 1. The molecule has 0 aromatic heterocycles. The van der Waals surface area contributed by atoms with Crippen molar-refractivity contribution in [1.82, 2.24) is 0 Å². The van der Waals surface area contributed by atoms with Crippen LogP contribution in [0.4, 0.5) is 3.89 Å². The molecule has 0 radical (unpaired) electrons. The molecule has 0 amide bonds. The van der Waals surface area contributed by atoms with Gasteiger partial charge in [0.25, 0.3) is 0 Å². The van der Waals surface area contributed by atoms with Crippen LogP contribution in [-0.4, -0.2) is 12.8 Å². The molecule has 1 aromatic rings. The van der Waals surface area contributed by atoms with Crippen LogP contribution in [0.5, 0.6) is 0 Å². The highest BCUT2D eigenvalue weighted by Crippen LogP contribution is 2.18. The summed E-state index contributed by atoms with van der Waals surface area (Å²) in [6, 6.07) is 7.22. The maximum absolute atomic E-state index is 12.0. The minimum atomic E-state index is 0.257. The van der Waals surface area contributed by atoms with E-state index in [0.29, 0.717) is 4.90 Å². The van der Waals surface area contributed by atoms with E-state index < -0.39 is 0 Å². The molecule has 0 fully saturated rings. The van der Waals surface area contributed by atoms with Crippen LogP contribution < -0.4 is 0 Å². The lowest BCUT2D eigenvalue weighted by molar-refractivity contribution is 0.934. The van der Waals surface area contributed by atoms with Crippen molar-refractivity contribution in [2.24, 2.45) is 4.99 Å². The van der Waals surface area contributed by atoms with E-state index in [1.165, 1.54) is 0 Å². The van der Waals surface area contributed by atoms with Crippen LogP contribution in [0, 0.1) is 0 Å². The Morgan fingerprint density at radius 1 is 1.33 bits per heavy atom. The monoisotopic (exact) mass is 183 g/mol. The Balaban J connectivity index is 2.92. The molecule has 0 atom stereocenters. The second-order valence-electron chi connectivity index (χ2n) is 2.41. The molecule has 3 heteroatoms. The van der Waals surface area contributed by atoms with Crippen LogP contribution in [0.1, 0.15) is 12.5 Å². The Morgan fingerprint density at radius 3 is 2.33 bits per heavy atom. The van der Waals surface area contributed by atoms with Crippen LogP contribution in [0.3, 0.4) is 0 Å². The van der Waals surface area contributed by atoms with Gasteiger partial charge in [0.1, 0.15) is 0 Å². The maximum Gasteiger partial charge on any atom is 0.0812 e. The summed E-state index contributed by atoms with van der Waals surface area (Å²) in [5.41, 5.74) is 2.00. The first-order valence-electron chi connectivity index (χ1n) is 3.60. The summed E-state index contributed by atoms with van der Waals surface area (Å²) in [5, 5.41) is 0. The average molecular weight is 183 g/mol. The van der Waals surface area contributed by atoms with Crippen molar-refractivity contribution in [3.05, 3.63) is 29.8 Å². The van der Waals surface area contributed by atoms with Gasteiger partial charge in [-0.1, -0.05) is 12.1 Å². The number of benzene rings is 1.